The molecule has 2 atom stereocenters. The summed E-state index contributed by atoms with van der Waals surface area (Å²) in [6.07, 6.45) is -0.747. The summed E-state index contributed by atoms with van der Waals surface area (Å²) in [5, 5.41) is 31.1. The minimum atomic E-state index is -1.42. The number of carbonyl (C=O) groups is 4. The maximum Gasteiger partial charge on any atom is 0.327 e. The molecule has 0 fully saturated rings. The molecule has 1 aromatic carbocycles. The van der Waals surface area contributed by atoms with Gasteiger partial charge in [0.2, 0.25) is 0 Å². The van der Waals surface area contributed by atoms with Crippen molar-refractivity contribution in [2.75, 3.05) is 5.75 Å². The SMILES string of the molecule is O=C(O)CC[C@H](NC(=O)N[C@@H](CSCc1ccc(I)cc1)C(=O)O)C(=O)O. The Hall–Kier alpha value is -2.02. The molecule has 0 unspecified atom stereocenters. The molecule has 1 rings (SSSR count). The van der Waals surface area contributed by atoms with Gasteiger partial charge >= 0.3 is 23.9 Å². The molecule has 0 saturated heterocycles. The Morgan fingerprint density at radius 2 is 1.52 bits per heavy atom. The Morgan fingerprint density at radius 1 is 0.963 bits per heavy atom. The number of nitrogens with one attached hydrogen (secondary N) is 2. The third-order valence-corrected chi connectivity index (χ3v) is 5.15. The lowest BCUT2D eigenvalue weighted by Gasteiger charge is -2.18. The van der Waals surface area contributed by atoms with Crippen molar-refractivity contribution >= 4 is 58.3 Å². The van der Waals surface area contributed by atoms with E-state index in [0.717, 1.165) is 9.13 Å². The van der Waals surface area contributed by atoms with Crippen LogP contribution in [-0.4, -0.2) is 57.1 Å². The van der Waals surface area contributed by atoms with E-state index in [1.807, 2.05) is 24.3 Å². The quantitative estimate of drug-likeness (QED) is 0.282. The van der Waals surface area contributed by atoms with Gasteiger partial charge < -0.3 is 26.0 Å². The first-order valence-corrected chi connectivity index (χ1v) is 9.99. The van der Waals surface area contributed by atoms with Crippen molar-refractivity contribution in [2.24, 2.45) is 0 Å². The summed E-state index contributed by atoms with van der Waals surface area (Å²) in [7, 11) is 0. The lowest BCUT2D eigenvalue weighted by atomic mass is 10.1. The van der Waals surface area contributed by atoms with Crippen LogP contribution < -0.4 is 10.6 Å². The maximum atomic E-state index is 11.9. The molecule has 5 N–H and O–H groups in total. The van der Waals surface area contributed by atoms with E-state index in [9.17, 15) is 24.3 Å². The number of aliphatic carboxylic acids is 3. The van der Waals surface area contributed by atoms with Gasteiger partial charge in [-0.1, -0.05) is 12.1 Å². The highest BCUT2D eigenvalue weighted by molar-refractivity contribution is 14.1. The predicted octanol–water partition coefficient (Wildman–Crippen LogP) is 1.59. The van der Waals surface area contributed by atoms with Crippen molar-refractivity contribution in [1.29, 1.82) is 0 Å². The van der Waals surface area contributed by atoms with Crippen LogP contribution in [0.15, 0.2) is 24.3 Å². The second-order valence-electron chi connectivity index (χ2n) is 5.47. The van der Waals surface area contributed by atoms with Gasteiger partial charge in [-0.15, -0.1) is 0 Å². The summed E-state index contributed by atoms with van der Waals surface area (Å²) in [6, 6.07) is 4.09. The molecule has 0 aliphatic carbocycles. The molecule has 0 heterocycles. The second-order valence-corrected chi connectivity index (χ2v) is 7.75. The Morgan fingerprint density at radius 3 is 2.04 bits per heavy atom. The number of hydrogen-bond acceptors (Lipinski definition) is 5. The Labute approximate surface area is 173 Å². The summed E-state index contributed by atoms with van der Waals surface area (Å²) in [5.74, 6) is -3.20. The molecule has 2 amide bonds. The first kappa shape index (κ1) is 23.0. The maximum absolute atomic E-state index is 11.9. The number of carbonyl (C=O) groups excluding carboxylic acids is 1. The molecule has 0 bridgehead atoms. The van der Waals surface area contributed by atoms with E-state index in [2.05, 4.69) is 33.2 Å². The predicted molar refractivity (Wildman–Crippen MR) is 107 cm³/mol. The van der Waals surface area contributed by atoms with Crippen LogP contribution in [0.2, 0.25) is 0 Å². The summed E-state index contributed by atoms with van der Waals surface area (Å²) < 4.78 is 1.08. The highest BCUT2D eigenvalue weighted by Gasteiger charge is 2.24. The van der Waals surface area contributed by atoms with Gasteiger partial charge in [-0.25, -0.2) is 14.4 Å². The van der Waals surface area contributed by atoms with Gasteiger partial charge in [-0.05, 0) is 46.7 Å². The normalized spacial score (nSPS) is 12.6. The minimum absolute atomic E-state index is 0.0849. The van der Waals surface area contributed by atoms with Gasteiger partial charge in [0.25, 0.3) is 0 Å². The second kappa shape index (κ2) is 11.6. The van der Waals surface area contributed by atoms with E-state index in [4.69, 9.17) is 10.2 Å². The fourth-order valence-corrected chi connectivity index (χ4v) is 3.30. The van der Waals surface area contributed by atoms with Crippen LogP contribution in [0.3, 0.4) is 0 Å². The number of urea groups is 1. The molecular weight excluding hydrogens is 491 g/mol. The molecule has 148 valence electrons. The van der Waals surface area contributed by atoms with Gasteiger partial charge in [-0.3, -0.25) is 4.79 Å². The number of halogens is 1. The molecule has 0 radical (unpaired) electrons. The zero-order valence-corrected chi connectivity index (χ0v) is 17.0. The van der Waals surface area contributed by atoms with Crippen molar-refractivity contribution < 1.29 is 34.5 Å². The minimum Gasteiger partial charge on any atom is -0.481 e. The largest absolute Gasteiger partial charge is 0.481 e. The van der Waals surface area contributed by atoms with Gasteiger partial charge in [0.05, 0.1) is 0 Å². The van der Waals surface area contributed by atoms with E-state index in [1.165, 1.54) is 11.8 Å². The first-order chi connectivity index (χ1) is 12.7. The van der Waals surface area contributed by atoms with Crippen LogP contribution in [0.5, 0.6) is 0 Å². The smallest absolute Gasteiger partial charge is 0.327 e. The average Bonchev–Trinajstić information content (AvgIpc) is 2.58. The number of carboxylic acid groups (broad SMARTS) is 3. The van der Waals surface area contributed by atoms with E-state index >= 15 is 0 Å². The Bertz CT molecular complexity index is 684. The van der Waals surface area contributed by atoms with Crippen molar-refractivity contribution in [3.05, 3.63) is 33.4 Å². The monoisotopic (exact) mass is 510 g/mol. The van der Waals surface area contributed by atoms with E-state index in [-0.39, 0.29) is 12.2 Å². The van der Waals surface area contributed by atoms with Crippen LogP contribution in [0, 0.1) is 3.57 Å². The number of amides is 2. The molecule has 0 aromatic heterocycles. The summed E-state index contributed by atoms with van der Waals surface area (Å²) in [6.45, 7) is 0. The van der Waals surface area contributed by atoms with Gasteiger partial charge in [0.15, 0.2) is 0 Å². The van der Waals surface area contributed by atoms with Crippen LogP contribution in [0.1, 0.15) is 18.4 Å². The van der Waals surface area contributed by atoms with Crippen LogP contribution in [-0.2, 0) is 20.1 Å². The molecule has 9 nitrogen and oxygen atoms in total. The fraction of sp³-hybridized carbons (Fsp3) is 0.375. The molecule has 0 saturated carbocycles. The molecule has 0 aliphatic heterocycles. The highest BCUT2D eigenvalue weighted by Crippen LogP contribution is 2.15. The van der Waals surface area contributed by atoms with Crippen molar-refractivity contribution in [1.82, 2.24) is 10.6 Å². The van der Waals surface area contributed by atoms with Crippen LogP contribution >= 0.6 is 34.4 Å². The third kappa shape index (κ3) is 9.47. The fourth-order valence-electron chi connectivity index (χ4n) is 1.93. The van der Waals surface area contributed by atoms with Crippen molar-refractivity contribution in [2.45, 2.75) is 30.7 Å². The molecule has 27 heavy (non-hydrogen) atoms. The standard InChI is InChI=1S/C16H19IN2O7S/c17-10-3-1-9(2-4-10)7-27-8-12(15(24)25)19-16(26)18-11(14(22)23)5-6-13(20)21/h1-4,11-12H,5-8H2,(H,20,21)(H,22,23)(H,24,25)(H2,18,19,26)/t11-,12-/m0/s1. The van der Waals surface area contributed by atoms with E-state index in [0.29, 0.717) is 5.75 Å². The molecule has 1 aromatic rings. The third-order valence-electron chi connectivity index (χ3n) is 3.32. The van der Waals surface area contributed by atoms with Gasteiger partial charge in [-0.2, -0.15) is 11.8 Å². The first-order valence-electron chi connectivity index (χ1n) is 7.75. The van der Waals surface area contributed by atoms with Gasteiger partial charge in [0, 0.05) is 21.5 Å². The zero-order chi connectivity index (χ0) is 20.4. The average molecular weight is 510 g/mol. The van der Waals surface area contributed by atoms with E-state index in [1.54, 1.807) is 0 Å². The summed E-state index contributed by atoms with van der Waals surface area (Å²) in [4.78, 5) is 44.8. The van der Waals surface area contributed by atoms with Crippen LogP contribution in [0.25, 0.3) is 0 Å². The number of benzene rings is 1. The van der Waals surface area contributed by atoms with Gasteiger partial charge in [0.1, 0.15) is 12.1 Å². The summed E-state index contributed by atoms with van der Waals surface area (Å²) in [5.41, 5.74) is 1.01. The number of carboxylic acids is 3. The lowest BCUT2D eigenvalue weighted by Crippen LogP contribution is -2.52. The van der Waals surface area contributed by atoms with Crippen molar-refractivity contribution in [3.63, 3.8) is 0 Å². The lowest BCUT2D eigenvalue weighted by molar-refractivity contribution is -0.140. The molecular formula is C16H19IN2O7S. The number of thioether (sulfide) groups is 1. The molecule has 0 aliphatic rings. The zero-order valence-electron chi connectivity index (χ0n) is 14.1. The molecule has 11 heteroatoms. The number of hydrogen-bond donors (Lipinski definition) is 5. The Balaban J connectivity index is 2.52. The van der Waals surface area contributed by atoms with Crippen molar-refractivity contribution in [3.8, 4) is 0 Å². The molecule has 0 spiro atoms. The van der Waals surface area contributed by atoms with Crippen LogP contribution in [0.4, 0.5) is 4.79 Å². The topological polar surface area (TPSA) is 153 Å². The summed E-state index contributed by atoms with van der Waals surface area (Å²) >= 11 is 3.49. The number of rotatable bonds is 11. The highest BCUT2D eigenvalue weighted by atomic mass is 127. The van der Waals surface area contributed by atoms with E-state index < -0.39 is 42.4 Å². The Kier molecular flexibility index (Phi) is 9.93.